The van der Waals surface area contributed by atoms with E-state index in [1.54, 1.807) is 0 Å². The zero-order chi connectivity index (χ0) is 22.1. The number of fused-ring (bicyclic) bond motifs is 1. The summed E-state index contributed by atoms with van der Waals surface area (Å²) in [4.78, 5) is 40.5. The van der Waals surface area contributed by atoms with Crippen LogP contribution in [0.15, 0.2) is 84.2 Å². The fourth-order valence-electron chi connectivity index (χ4n) is 3.49. The molecule has 2 aromatic carbocycles. The standard InChI is InChI=1S/C24H17N5O2S/c1-15-19(16-8-4-2-5-9-16)20-23(32-15)27-14-29(24(20)31)28-22(30)18-12-25-21(26-13-18)17-10-6-3-7-11-17/h2-14H,1H3,(H,28,30). The molecule has 0 bridgehead atoms. The van der Waals surface area contributed by atoms with Crippen molar-refractivity contribution < 1.29 is 4.79 Å². The molecule has 0 radical (unpaired) electrons. The number of nitrogens with one attached hydrogen (secondary N) is 1. The molecule has 0 unspecified atom stereocenters. The molecule has 7 nitrogen and oxygen atoms in total. The molecule has 0 aliphatic carbocycles. The zero-order valence-corrected chi connectivity index (χ0v) is 17.8. The van der Waals surface area contributed by atoms with E-state index in [4.69, 9.17) is 0 Å². The van der Waals surface area contributed by atoms with Crippen LogP contribution in [0.1, 0.15) is 15.2 Å². The lowest BCUT2D eigenvalue weighted by Crippen LogP contribution is -2.33. The van der Waals surface area contributed by atoms with Crippen molar-refractivity contribution in [3.63, 3.8) is 0 Å². The molecule has 3 heterocycles. The Morgan fingerprint density at radius 3 is 2.19 bits per heavy atom. The first-order valence-corrected chi connectivity index (χ1v) is 10.7. The van der Waals surface area contributed by atoms with Gasteiger partial charge in [0.15, 0.2) is 5.82 Å². The average molecular weight is 440 g/mol. The van der Waals surface area contributed by atoms with E-state index >= 15 is 0 Å². The van der Waals surface area contributed by atoms with Gasteiger partial charge in [-0.05, 0) is 12.5 Å². The van der Waals surface area contributed by atoms with Crippen LogP contribution in [0.3, 0.4) is 0 Å². The van der Waals surface area contributed by atoms with Gasteiger partial charge in [-0.25, -0.2) is 19.6 Å². The van der Waals surface area contributed by atoms with Crippen LogP contribution in [0.4, 0.5) is 0 Å². The highest BCUT2D eigenvalue weighted by Crippen LogP contribution is 2.35. The molecule has 32 heavy (non-hydrogen) atoms. The number of hydrogen-bond acceptors (Lipinski definition) is 6. The summed E-state index contributed by atoms with van der Waals surface area (Å²) in [5, 5.41) is 0.483. The summed E-state index contributed by atoms with van der Waals surface area (Å²) in [5.74, 6) is 0.0183. The Morgan fingerprint density at radius 1 is 0.906 bits per heavy atom. The highest BCUT2D eigenvalue weighted by Gasteiger charge is 2.18. The summed E-state index contributed by atoms with van der Waals surface area (Å²) < 4.78 is 1.11. The van der Waals surface area contributed by atoms with Gasteiger partial charge in [0.2, 0.25) is 0 Å². The highest BCUT2D eigenvalue weighted by molar-refractivity contribution is 7.19. The lowest BCUT2D eigenvalue weighted by atomic mass is 10.0. The third-order valence-corrected chi connectivity index (χ3v) is 6.03. The number of rotatable bonds is 4. The normalized spacial score (nSPS) is 10.9. The first-order chi connectivity index (χ1) is 15.6. The van der Waals surface area contributed by atoms with Crippen LogP contribution in [0.25, 0.3) is 32.7 Å². The van der Waals surface area contributed by atoms with E-state index in [1.807, 2.05) is 67.6 Å². The van der Waals surface area contributed by atoms with Crippen LogP contribution < -0.4 is 11.0 Å². The van der Waals surface area contributed by atoms with E-state index in [0.29, 0.717) is 16.0 Å². The van der Waals surface area contributed by atoms with Crippen LogP contribution in [-0.2, 0) is 0 Å². The number of benzene rings is 2. The second-order valence-electron chi connectivity index (χ2n) is 7.10. The number of hydrogen-bond donors (Lipinski definition) is 1. The van der Waals surface area contributed by atoms with E-state index in [9.17, 15) is 9.59 Å². The molecular formula is C24H17N5O2S. The lowest BCUT2D eigenvalue weighted by molar-refractivity contribution is 0.101. The third kappa shape index (κ3) is 3.57. The predicted octanol–water partition coefficient (Wildman–Crippen LogP) is 4.27. The van der Waals surface area contributed by atoms with Crippen LogP contribution in [-0.4, -0.2) is 25.5 Å². The van der Waals surface area contributed by atoms with Gasteiger partial charge in [0.1, 0.15) is 11.2 Å². The summed E-state index contributed by atoms with van der Waals surface area (Å²) in [7, 11) is 0. The van der Waals surface area contributed by atoms with Crippen molar-refractivity contribution in [2.24, 2.45) is 0 Å². The van der Waals surface area contributed by atoms with Gasteiger partial charge >= 0.3 is 0 Å². The first-order valence-electron chi connectivity index (χ1n) is 9.87. The SMILES string of the molecule is Cc1sc2ncn(NC(=O)c3cnc(-c4ccccc4)nc3)c(=O)c2c1-c1ccccc1. The molecule has 0 atom stereocenters. The summed E-state index contributed by atoms with van der Waals surface area (Å²) >= 11 is 1.45. The molecule has 1 amide bonds. The molecule has 0 saturated carbocycles. The Morgan fingerprint density at radius 2 is 1.53 bits per heavy atom. The van der Waals surface area contributed by atoms with Crippen LogP contribution in [0.2, 0.25) is 0 Å². The largest absolute Gasteiger partial charge is 0.281 e. The molecule has 0 fully saturated rings. The van der Waals surface area contributed by atoms with E-state index < -0.39 is 5.91 Å². The van der Waals surface area contributed by atoms with Gasteiger partial charge in [0, 0.05) is 28.4 Å². The maximum atomic E-state index is 13.2. The molecule has 1 N–H and O–H groups in total. The molecule has 3 aromatic heterocycles. The second-order valence-corrected chi connectivity index (χ2v) is 8.30. The maximum absolute atomic E-state index is 13.2. The third-order valence-electron chi connectivity index (χ3n) is 5.02. The number of aromatic nitrogens is 4. The summed E-state index contributed by atoms with van der Waals surface area (Å²) in [5.41, 5.74) is 5.11. The fraction of sp³-hybridized carbons (Fsp3) is 0.0417. The minimum absolute atomic E-state index is 0.237. The van der Waals surface area contributed by atoms with E-state index in [-0.39, 0.29) is 11.1 Å². The first kappa shape index (κ1) is 19.8. The van der Waals surface area contributed by atoms with Crippen molar-refractivity contribution >= 4 is 27.5 Å². The van der Waals surface area contributed by atoms with Crippen molar-refractivity contribution in [1.82, 2.24) is 19.6 Å². The Labute approximate surface area is 187 Å². The Kier molecular flexibility index (Phi) is 5.04. The van der Waals surface area contributed by atoms with Gasteiger partial charge in [-0.1, -0.05) is 60.7 Å². The molecule has 8 heteroatoms. The van der Waals surface area contributed by atoms with Gasteiger partial charge in [0.25, 0.3) is 11.5 Å². The molecule has 156 valence electrons. The van der Waals surface area contributed by atoms with Crippen LogP contribution in [0.5, 0.6) is 0 Å². The number of nitrogens with zero attached hydrogens (tertiary/aromatic N) is 4. The number of carbonyl (C=O) groups excluding carboxylic acids is 1. The molecule has 0 saturated heterocycles. The van der Waals surface area contributed by atoms with Crippen molar-refractivity contribution in [3.8, 4) is 22.5 Å². The van der Waals surface area contributed by atoms with Gasteiger partial charge in [-0.3, -0.25) is 15.0 Å². The minimum Gasteiger partial charge on any atom is -0.267 e. The fourth-order valence-corrected chi connectivity index (χ4v) is 4.49. The topological polar surface area (TPSA) is 89.8 Å². The lowest BCUT2D eigenvalue weighted by Gasteiger charge is -2.08. The van der Waals surface area contributed by atoms with Crippen LogP contribution >= 0.6 is 11.3 Å². The molecule has 0 aliphatic heterocycles. The molecule has 0 spiro atoms. The average Bonchev–Trinajstić information content (AvgIpc) is 3.18. The molecular weight excluding hydrogens is 422 g/mol. The van der Waals surface area contributed by atoms with E-state index in [2.05, 4.69) is 20.4 Å². The maximum Gasteiger partial charge on any atom is 0.281 e. The summed E-state index contributed by atoms with van der Waals surface area (Å²) in [6, 6.07) is 19.2. The number of amides is 1. The zero-order valence-electron chi connectivity index (χ0n) is 17.0. The van der Waals surface area contributed by atoms with Gasteiger partial charge in [0.05, 0.1) is 10.9 Å². The predicted molar refractivity (Wildman–Crippen MR) is 125 cm³/mol. The quantitative estimate of drug-likeness (QED) is 0.452. The minimum atomic E-state index is -0.499. The van der Waals surface area contributed by atoms with E-state index in [0.717, 1.165) is 26.2 Å². The van der Waals surface area contributed by atoms with Crippen molar-refractivity contribution in [2.45, 2.75) is 6.92 Å². The van der Waals surface area contributed by atoms with Gasteiger partial charge in [-0.2, -0.15) is 0 Å². The monoisotopic (exact) mass is 439 g/mol. The van der Waals surface area contributed by atoms with Crippen LogP contribution in [0, 0.1) is 6.92 Å². The van der Waals surface area contributed by atoms with Gasteiger partial charge in [-0.15, -0.1) is 11.3 Å². The van der Waals surface area contributed by atoms with Crippen molar-refractivity contribution in [2.75, 3.05) is 5.43 Å². The molecule has 0 aliphatic rings. The second kappa shape index (κ2) is 8.16. The summed E-state index contributed by atoms with van der Waals surface area (Å²) in [6.45, 7) is 1.96. The van der Waals surface area contributed by atoms with E-state index in [1.165, 1.54) is 30.1 Å². The number of thiophene rings is 1. The van der Waals surface area contributed by atoms with Crippen molar-refractivity contribution in [1.29, 1.82) is 0 Å². The Balaban J connectivity index is 1.47. The molecule has 5 rings (SSSR count). The Bertz CT molecular complexity index is 1480. The smallest absolute Gasteiger partial charge is 0.267 e. The highest BCUT2D eigenvalue weighted by atomic mass is 32.1. The van der Waals surface area contributed by atoms with Crippen molar-refractivity contribution in [3.05, 3.63) is 100 Å². The van der Waals surface area contributed by atoms with Gasteiger partial charge < -0.3 is 0 Å². The molecule has 5 aromatic rings. The number of carbonyl (C=O) groups is 1. The number of aryl methyl sites for hydroxylation is 1. The Hall–Kier alpha value is -4.17. The summed E-state index contributed by atoms with van der Waals surface area (Å²) in [6.07, 6.45) is 4.20.